The quantitative estimate of drug-likeness (QED) is 0.527. The van der Waals surface area contributed by atoms with E-state index in [9.17, 15) is 4.79 Å². The standard InChI is InChI=1S/C13H25NO3/c1-2-17-13(15)12-16-11-10-14-8-6-4-3-5-7-9-14/h2-12H2,1H3. The van der Waals surface area contributed by atoms with Gasteiger partial charge in [-0.15, -0.1) is 0 Å². The molecule has 0 N–H and O–H groups in total. The summed E-state index contributed by atoms with van der Waals surface area (Å²) in [6, 6.07) is 0. The van der Waals surface area contributed by atoms with E-state index >= 15 is 0 Å². The minimum Gasteiger partial charge on any atom is -0.464 e. The summed E-state index contributed by atoms with van der Waals surface area (Å²) in [7, 11) is 0. The lowest BCUT2D eigenvalue weighted by Crippen LogP contribution is -2.31. The number of hydrogen-bond acceptors (Lipinski definition) is 4. The highest BCUT2D eigenvalue weighted by molar-refractivity contribution is 5.70. The Kier molecular flexibility index (Phi) is 8.01. The molecule has 4 nitrogen and oxygen atoms in total. The van der Waals surface area contributed by atoms with Crippen LogP contribution >= 0.6 is 0 Å². The van der Waals surface area contributed by atoms with Gasteiger partial charge in [-0.2, -0.15) is 0 Å². The number of carbonyl (C=O) groups excluding carboxylic acids is 1. The molecule has 0 saturated carbocycles. The van der Waals surface area contributed by atoms with Crippen LogP contribution in [0.2, 0.25) is 0 Å². The second-order valence-corrected chi connectivity index (χ2v) is 4.47. The molecule has 0 aliphatic carbocycles. The van der Waals surface area contributed by atoms with Gasteiger partial charge in [0.05, 0.1) is 13.2 Å². The zero-order chi connectivity index (χ0) is 12.3. The van der Waals surface area contributed by atoms with Gasteiger partial charge in [0.2, 0.25) is 0 Å². The molecule has 0 spiro atoms. The molecule has 0 amide bonds. The van der Waals surface area contributed by atoms with Crippen molar-refractivity contribution in [2.45, 2.75) is 39.0 Å². The van der Waals surface area contributed by atoms with Crippen LogP contribution in [0.4, 0.5) is 0 Å². The van der Waals surface area contributed by atoms with Crippen LogP contribution in [0.3, 0.4) is 0 Å². The van der Waals surface area contributed by atoms with E-state index in [-0.39, 0.29) is 12.6 Å². The SMILES string of the molecule is CCOC(=O)COCCN1CCCCCCC1. The van der Waals surface area contributed by atoms with E-state index in [0.717, 1.165) is 6.54 Å². The molecule has 17 heavy (non-hydrogen) atoms. The number of likely N-dealkylation sites (tertiary alicyclic amines) is 1. The predicted molar refractivity (Wildman–Crippen MR) is 67.0 cm³/mol. The Morgan fingerprint density at radius 2 is 1.76 bits per heavy atom. The third kappa shape index (κ3) is 7.34. The van der Waals surface area contributed by atoms with E-state index in [1.807, 2.05) is 0 Å². The second kappa shape index (κ2) is 9.42. The Bertz CT molecular complexity index is 201. The zero-order valence-corrected chi connectivity index (χ0v) is 11.0. The van der Waals surface area contributed by atoms with Crippen LogP contribution in [-0.4, -0.2) is 50.3 Å². The fraction of sp³-hybridized carbons (Fsp3) is 0.923. The normalized spacial score (nSPS) is 18.4. The van der Waals surface area contributed by atoms with Crippen molar-refractivity contribution in [3.8, 4) is 0 Å². The molecule has 1 saturated heterocycles. The highest BCUT2D eigenvalue weighted by atomic mass is 16.6. The van der Waals surface area contributed by atoms with Gasteiger partial charge < -0.3 is 14.4 Å². The fourth-order valence-corrected chi connectivity index (χ4v) is 2.09. The van der Waals surface area contributed by atoms with Crippen molar-refractivity contribution in [2.75, 3.05) is 39.5 Å². The molecule has 0 unspecified atom stereocenters. The lowest BCUT2D eigenvalue weighted by molar-refractivity contribution is -0.148. The van der Waals surface area contributed by atoms with Crippen molar-refractivity contribution in [2.24, 2.45) is 0 Å². The monoisotopic (exact) mass is 243 g/mol. The second-order valence-electron chi connectivity index (χ2n) is 4.47. The van der Waals surface area contributed by atoms with Gasteiger partial charge in [0.15, 0.2) is 0 Å². The third-order valence-corrected chi connectivity index (χ3v) is 3.03. The van der Waals surface area contributed by atoms with Crippen molar-refractivity contribution in [3.63, 3.8) is 0 Å². The van der Waals surface area contributed by atoms with Crippen molar-refractivity contribution >= 4 is 5.97 Å². The number of ether oxygens (including phenoxy) is 2. The summed E-state index contributed by atoms with van der Waals surface area (Å²) in [6.45, 7) is 6.21. The van der Waals surface area contributed by atoms with E-state index in [1.54, 1.807) is 6.92 Å². The Morgan fingerprint density at radius 3 is 2.41 bits per heavy atom. The van der Waals surface area contributed by atoms with Crippen molar-refractivity contribution < 1.29 is 14.3 Å². The maximum Gasteiger partial charge on any atom is 0.332 e. The van der Waals surface area contributed by atoms with Crippen LogP contribution < -0.4 is 0 Å². The number of hydrogen-bond donors (Lipinski definition) is 0. The molecule has 1 fully saturated rings. The number of carbonyl (C=O) groups is 1. The highest BCUT2D eigenvalue weighted by Crippen LogP contribution is 2.09. The van der Waals surface area contributed by atoms with Gasteiger partial charge in [-0.1, -0.05) is 19.3 Å². The van der Waals surface area contributed by atoms with Crippen LogP contribution in [0.25, 0.3) is 0 Å². The van der Waals surface area contributed by atoms with Gasteiger partial charge in [-0.25, -0.2) is 4.79 Å². The van der Waals surface area contributed by atoms with Crippen molar-refractivity contribution in [3.05, 3.63) is 0 Å². The largest absolute Gasteiger partial charge is 0.464 e. The van der Waals surface area contributed by atoms with E-state index in [1.165, 1.54) is 45.2 Å². The minimum absolute atomic E-state index is 0.0850. The third-order valence-electron chi connectivity index (χ3n) is 3.03. The smallest absolute Gasteiger partial charge is 0.332 e. The molecule has 1 aliphatic rings. The molecule has 0 radical (unpaired) electrons. The van der Waals surface area contributed by atoms with Crippen LogP contribution in [0, 0.1) is 0 Å². The molecular formula is C13H25NO3. The average Bonchev–Trinajstić information content (AvgIpc) is 2.26. The molecule has 0 bridgehead atoms. The molecular weight excluding hydrogens is 218 g/mol. The molecule has 4 heteroatoms. The Labute approximate surface area is 104 Å². The van der Waals surface area contributed by atoms with Crippen LogP contribution in [0.5, 0.6) is 0 Å². The maximum absolute atomic E-state index is 11.0. The summed E-state index contributed by atoms with van der Waals surface area (Å²) in [5.41, 5.74) is 0. The van der Waals surface area contributed by atoms with Gasteiger partial charge in [0, 0.05) is 6.54 Å². The lowest BCUT2D eigenvalue weighted by Gasteiger charge is -2.24. The molecule has 1 aliphatic heterocycles. The first-order chi connectivity index (χ1) is 8.33. The molecule has 0 aromatic heterocycles. The first-order valence-corrected chi connectivity index (χ1v) is 6.78. The maximum atomic E-state index is 11.0. The van der Waals surface area contributed by atoms with Crippen LogP contribution in [-0.2, 0) is 14.3 Å². The van der Waals surface area contributed by atoms with Crippen LogP contribution in [0.1, 0.15) is 39.0 Å². The summed E-state index contributed by atoms with van der Waals surface area (Å²) in [6.07, 6.45) is 6.66. The molecule has 0 atom stereocenters. The molecule has 0 aromatic rings. The van der Waals surface area contributed by atoms with Gasteiger partial charge in [0.1, 0.15) is 6.61 Å². The summed E-state index contributed by atoms with van der Waals surface area (Å²) >= 11 is 0. The van der Waals surface area contributed by atoms with E-state index < -0.39 is 0 Å². The van der Waals surface area contributed by atoms with Crippen LogP contribution in [0.15, 0.2) is 0 Å². The first kappa shape index (κ1) is 14.5. The zero-order valence-electron chi connectivity index (χ0n) is 11.0. The van der Waals surface area contributed by atoms with Gasteiger partial charge in [-0.05, 0) is 32.9 Å². The van der Waals surface area contributed by atoms with E-state index in [0.29, 0.717) is 13.2 Å². The molecule has 100 valence electrons. The lowest BCUT2D eigenvalue weighted by atomic mass is 10.1. The number of esters is 1. The average molecular weight is 243 g/mol. The van der Waals surface area contributed by atoms with E-state index in [2.05, 4.69) is 4.90 Å². The van der Waals surface area contributed by atoms with Crippen molar-refractivity contribution in [1.29, 1.82) is 0 Å². The minimum atomic E-state index is -0.264. The van der Waals surface area contributed by atoms with Gasteiger partial charge >= 0.3 is 5.97 Å². The van der Waals surface area contributed by atoms with Crippen molar-refractivity contribution in [1.82, 2.24) is 4.90 Å². The summed E-state index contributed by atoms with van der Waals surface area (Å²) in [5.74, 6) is -0.264. The Balaban J connectivity index is 2.02. The Hall–Kier alpha value is -0.610. The fourth-order valence-electron chi connectivity index (χ4n) is 2.09. The van der Waals surface area contributed by atoms with Gasteiger partial charge in [0.25, 0.3) is 0 Å². The highest BCUT2D eigenvalue weighted by Gasteiger charge is 2.08. The Morgan fingerprint density at radius 1 is 1.12 bits per heavy atom. The topological polar surface area (TPSA) is 38.8 Å². The summed E-state index contributed by atoms with van der Waals surface area (Å²) in [5, 5.41) is 0. The first-order valence-electron chi connectivity index (χ1n) is 6.78. The predicted octanol–water partition coefficient (Wildman–Crippen LogP) is 1.83. The molecule has 1 heterocycles. The molecule has 1 rings (SSSR count). The molecule has 0 aromatic carbocycles. The summed E-state index contributed by atoms with van der Waals surface area (Å²) < 4.78 is 10.1. The summed E-state index contributed by atoms with van der Waals surface area (Å²) in [4.78, 5) is 13.5. The number of nitrogens with zero attached hydrogens (tertiary/aromatic N) is 1. The van der Waals surface area contributed by atoms with Gasteiger partial charge in [-0.3, -0.25) is 0 Å². The number of rotatable bonds is 6. The van der Waals surface area contributed by atoms with E-state index in [4.69, 9.17) is 9.47 Å².